The van der Waals surface area contributed by atoms with E-state index in [0.717, 1.165) is 18.7 Å². The van der Waals surface area contributed by atoms with E-state index in [1.165, 1.54) is 25.0 Å². The van der Waals surface area contributed by atoms with Crippen LogP contribution in [0.5, 0.6) is 0 Å². The summed E-state index contributed by atoms with van der Waals surface area (Å²) in [5.74, 6) is 0.734. The molecule has 3 heteroatoms. The molecule has 1 heterocycles. The van der Waals surface area contributed by atoms with Crippen LogP contribution in [0.3, 0.4) is 0 Å². The molecule has 0 saturated carbocycles. The van der Waals surface area contributed by atoms with Gasteiger partial charge in [0.25, 0.3) is 0 Å². The molecule has 0 fully saturated rings. The molecule has 2 nitrogen and oxygen atoms in total. The summed E-state index contributed by atoms with van der Waals surface area (Å²) < 4.78 is 2.03. The molecular formula is C15H27ClN2. The second-order valence-electron chi connectivity index (χ2n) is 5.65. The molecule has 0 bridgehead atoms. The molecule has 0 spiro atoms. The Morgan fingerprint density at radius 1 is 1.39 bits per heavy atom. The molecule has 0 N–H and O–H groups in total. The number of hydrogen-bond acceptors (Lipinski definition) is 1. The molecule has 1 unspecified atom stereocenters. The normalized spacial score (nSPS) is 15.0. The third kappa shape index (κ3) is 4.01. The van der Waals surface area contributed by atoms with Crippen molar-refractivity contribution >= 4 is 11.6 Å². The fraction of sp³-hybridized carbons (Fsp3) is 0.800. The molecule has 1 aromatic rings. The number of rotatable bonds is 8. The summed E-state index contributed by atoms with van der Waals surface area (Å²) in [7, 11) is 0. The molecule has 1 aromatic heterocycles. The summed E-state index contributed by atoms with van der Waals surface area (Å²) in [5.41, 5.74) is 1.41. The summed E-state index contributed by atoms with van der Waals surface area (Å²) in [6.07, 6.45) is 7.91. The van der Waals surface area contributed by atoms with Crippen LogP contribution in [0.25, 0.3) is 0 Å². The highest BCUT2D eigenvalue weighted by Gasteiger charge is 2.28. The van der Waals surface area contributed by atoms with Crippen molar-refractivity contribution in [2.75, 3.05) is 5.88 Å². The Kier molecular flexibility index (Phi) is 6.20. The van der Waals surface area contributed by atoms with Gasteiger partial charge >= 0.3 is 0 Å². The van der Waals surface area contributed by atoms with E-state index in [1.54, 1.807) is 0 Å². The predicted molar refractivity (Wildman–Crippen MR) is 79.3 cm³/mol. The van der Waals surface area contributed by atoms with Gasteiger partial charge in [-0.3, -0.25) is 4.68 Å². The van der Waals surface area contributed by atoms with Gasteiger partial charge in [-0.15, -0.1) is 11.6 Å². The minimum atomic E-state index is 0.230. The van der Waals surface area contributed by atoms with Gasteiger partial charge in [0.05, 0.1) is 5.69 Å². The lowest BCUT2D eigenvalue weighted by Crippen LogP contribution is -2.25. The van der Waals surface area contributed by atoms with Gasteiger partial charge < -0.3 is 0 Å². The fourth-order valence-electron chi connectivity index (χ4n) is 2.29. The van der Waals surface area contributed by atoms with Crippen LogP contribution >= 0.6 is 11.6 Å². The van der Waals surface area contributed by atoms with Crippen LogP contribution in [-0.4, -0.2) is 15.7 Å². The third-order valence-corrected chi connectivity index (χ3v) is 4.41. The Balaban J connectivity index is 2.75. The first-order valence-electron chi connectivity index (χ1n) is 7.17. The van der Waals surface area contributed by atoms with E-state index in [2.05, 4.69) is 45.1 Å². The monoisotopic (exact) mass is 270 g/mol. The Hall–Kier alpha value is -0.500. The Morgan fingerprint density at radius 2 is 2.11 bits per heavy atom. The highest BCUT2D eigenvalue weighted by molar-refractivity contribution is 6.18. The molecule has 1 rings (SSSR count). The van der Waals surface area contributed by atoms with E-state index in [9.17, 15) is 0 Å². The SMILES string of the molecule is CCCCC(CC)(CCl)Cc1ccn(C(C)C)n1. The highest BCUT2D eigenvalue weighted by Crippen LogP contribution is 2.34. The maximum absolute atomic E-state index is 6.24. The zero-order valence-corrected chi connectivity index (χ0v) is 13.0. The first-order valence-corrected chi connectivity index (χ1v) is 7.70. The van der Waals surface area contributed by atoms with Crippen molar-refractivity contribution in [1.29, 1.82) is 0 Å². The van der Waals surface area contributed by atoms with Crippen molar-refractivity contribution in [2.24, 2.45) is 5.41 Å². The van der Waals surface area contributed by atoms with Gasteiger partial charge in [-0.05, 0) is 44.6 Å². The Labute approximate surface area is 117 Å². The predicted octanol–water partition coefficient (Wildman–Crippen LogP) is 4.83. The maximum Gasteiger partial charge on any atom is 0.0630 e. The van der Waals surface area contributed by atoms with E-state index in [-0.39, 0.29) is 5.41 Å². The lowest BCUT2D eigenvalue weighted by atomic mass is 9.78. The van der Waals surface area contributed by atoms with Gasteiger partial charge in [0.1, 0.15) is 0 Å². The highest BCUT2D eigenvalue weighted by atomic mass is 35.5. The van der Waals surface area contributed by atoms with Crippen molar-refractivity contribution in [3.05, 3.63) is 18.0 Å². The molecule has 0 radical (unpaired) electrons. The number of halogens is 1. The average molecular weight is 271 g/mol. The second-order valence-corrected chi connectivity index (χ2v) is 5.92. The maximum atomic E-state index is 6.24. The Morgan fingerprint density at radius 3 is 2.56 bits per heavy atom. The topological polar surface area (TPSA) is 17.8 Å². The molecule has 0 saturated heterocycles. The van der Waals surface area contributed by atoms with Crippen molar-refractivity contribution in [2.45, 2.75) is 65.8 Å². The molecule has 0 aliphatic rings. The molecule has 0 amide bonds. The van der Waals surface area contributed by atoms with Crippen LogP contribution in [0.15, 0.2) is 12.3 Å². The number of aromatic nitrogens is 2. The van der Waals surface area contributed by atoms with Gasteiger partial charge in [-0.2, -0.15) is 5.10 Å². The first kappa shape index (κ1) is 15.6. The molecule has 0 aliphatic carbocycles. The van der Waals surface area contributed by atoms with E-state index >= 15 is 0 Å². The quantitative estimate of drug-likeness (QED) is 0.619. The fourth-order valence-corrected chi connectivity index (χ4v) is 2.71. The van der Waals surface area contributed by atoms with Gasteiger partial charge in [-0.25, -0.2) is 0 Å². The van der Waals surface area contributed by atoms with Crippen LogP contribution in [0.2, 0.25) is 0 Å². The van der Waals surface area contributed by atoms with Gasteiger partial charge in [-0.1, -0.05) is 26.7 Å². The Bertz CT molecular complexity index is 340. The summed E-state index contributed by atoms with van der Waals surface area (Å²) in [5, 5.41) is 4.66. The molecular weight excluding hydrogens is 244 g/mol. The number of unbranched alkanes of at least 4 members (excludes halogenated alkanes) is 1. The summed E-state index contributed by atoms with van der Waals surface area (Å²) in [6, 6.07) is 2.57. The molecule has 0 aromatic carbocycles. The van der Waals surface area contributed by atoms with Crippen LogP contribution < -0.4 is 0 Å². The van der Waals surface area contributed by atoms with Crippen molar-refractivity contribution < 1.29 is 0 Å². The largest absolute Gasteiger partial charge is 0.270 e. The van der Waals surface area contributed by atoms with E-state index in [4.69, 9.17) is 11.6 Å². The van der Waals surface area contributed by atoms with Crippen LogP contribution in [0, 0.1) is 5.41 Å². The summed E-state index contributed by atoms with van der Waals surface area (Å²) in [6.45, 7) is 8.80. The number of nitrogens with zero attached hydrogens (tertiary/aromatic N) is 2. The van der Waals surface area contributed by atoms with Crippen molar-refractivity contribution in [3.63, 3.8) is 0 Å². The van der Waals surface area contributed by atoms with E-state index in [1.807, 2.05) is 4.68 Å². The van der Waals surface area contributed by atoms with E-state index < -0.39 is 0 Å². The van der Waals surface area contributed by atoms with Crippen molar-refractivity contribution in [1.82, 2.24) is 9.78 Å². The smallest absolute Gasteiger partial charge is 0.0630 e. The molecule has 104 valence electrons. The zero-order valence-electron chi connectivity index (χ0n) is 12.2. The first-order chi connectivity index (χ1) is 8.56. The van der Waals surface area contributed by atoms with Gasteiger partial charge in [0.2, 0.25) is 0 Å². The average Bonchev–Trinajstić information content (AvgIpc) is 2.83. The second kappa shape index (κ2) is 7.18. The lowest BCUT2D eigenvalue weighted by molar-refractivity contribution is 0.275. The van der Waals surface area contributed by atoms with Crippen molar-refractivity contribution in [3.8, 4) is 0 Å². The zero-order chi connectivity index (χ0) is 13.6. The molecule has 18 heavy (non-hydrogen) atoms. The van der Waals surface area contributed by atoms with E-state index in [0.29, 0.717) is 6.04 Å². The lowest BCUT2D eigenvalue weighted by Gasteiger charge is -2.30. The molecule has 0 aliphatic heterocycles. The number of alkyl halides is 1. The van der Waals surface area contributed by atoms with Crippen LogP contribution in [-0.2, 0) is 6.42 Å². The third-order valence-electron chi connectivity index (χ3n) is 3.84. The summed E-state index contributed by atoms with van der Waals surface area (Å²) in [4.78, 5) is 0. The van der Waals surface area contributed by atoms with Gasteiger partial charge in [0.15, 0.2) is 0 Å². The standard InChI is InChI=1S/C15H27ClN2/c1-5-7-9-15(6-2,12-16)11-14-8-10-18(17-14)13(3)4/h8,10,13H,5-7,9,11-12H2,1-4H3. The van der Waals surface area contributed by atoms with Crippen LogP contribution in [0.1, 0.15) is 65.1 Å². The molecule has 1 atom stereocenters. The number of hydrogen-bond donors (Lipinski definition) is 0. The van der Waals surface area contributed by atoms with Crippen LogP contribution in [0.4, 0.5) is 0 Å². The van der Waals surface area contributed by atoms with Gasteiger partial charge in [0, 0.05) is 18.1 Å². The minimum Gasteiger partial charge on any atom is -0.270 e. The minimum absolute atomic E-state index is 0.230. The summed E-state index contributed by atoms with van der Waals surface area (Å²) >= 11 is 6.24.